The van der Waals surface area contributed by atoms with Gasteiger partial charge in [-0.1, -0.05) is 22.0 Å². The minimum atomic E-state index is -0.0139. The van der Waals surface area contributed by atoms with Crippen molar-refractivity contribution in [3.63, 3.8) is 0 Å². The highest BCUT2D eigenvalue weighted by atomic mass is 79.9. The van der Waals surface area contributed by atoms with Crippen molar-refractivity contribution in [1.82, 2.24) is 9.88 Å². The zero-order chi connectivity index (χ0) is 16.4. The number of aromatic nitrogens is 1. The number of hydrogen-bond donors (Lipinski definition) is 1. The molecule has 0 aliphatic carbocycles. The minimum absolute atomic E-state index is 0.0139. The van der Waals surface area contributed by atoms with E-state index in [9.17, 15) is 4.79 Å². The number of nitrogens with zero attached hydrogens (tertiary/aromatic N) is 2. The summed E-state index contributed by atoms with van der Waals surface area (Å²) >= 11 is 5.27. The summed E-state index contributed by atoms with van der Waals surface area (Å²) in [6.07, 6.45) is 3.91. The number of benzene rings is 1. The van der Waals surface area contributed by atoms with Gasteiger partial charge in [0.15, 0.2) is 0 Å². The molecule has 0 saturated carbocycles. The SMILES string of the molecule is Cc1cnc(C2CCN(C(=O)Nc3cccc(Br)c3C)CC2)s1. The van der Waals surface area contributed by atoms with Crippen molar-refractivity contribution in [2.75, 3.05) is 18.4 Å². The maximum Gasteiger partial charge on any atom is 0.321 e. The first kappa shape index (κ1) is 16.5. The number of amides is 2. The number of urea groups is 1. The molecular formula is C17H20BrN3OS. The molecule has 1 fully saturated rings. The fourth-order valence-corrected chi connectivity index (χ4v) is 4.14. The molecule has 23 heavy (non-hydrogen) atoms. The molecule has 1 aromatic heterocycles. The van der Waals surface area contributed by atoms with Crippen LogP contribution in [0.15, 0.2) is 28.9 Å². The second-order valence-electron chi connectivity index (χ2n) is 5.91. The molecule has 6 heteroatoms. The monoisotopic (exact) mass is 393 g/mol. The zero-order valence-corrected chi connectivity index (χ0v) is 15.7. The number of piperidine rings is 1. The minimum Gasteiger partial charge on any atom is -0.324 e. The second-order valence-corrected chi connectivity index (χ2v) is 8.03. The van der Waals surface area contributed by atoms with Gasteiger partial charge >= 0.3 is 6.03 Å². The van der Waals surface area contributed by atoms with E-state index in [-0.39, 0.29) is 6.03 Å². The van der Waals surface area contributed by atoms with Crippen LogP contribution in [0.3, 0.4) is 0 Å². The Morgan fingerprint density at radius 2 is 2.09 bits per heavy atom. The number of thiazole rings is 1. The van der Waals surface area contributed by atoms with Gasteiger partial charge in [-0.3, -0.25) is 0 Å². The summed E-state index contributed by atoms with van der Waals surface area (Å²) in [7, 11) is 0. The van der Waals surface area contributed by atoms with Crippen LogP contribution in [-0.4, -0.2) is 29.0 Å². The fraction of sp³-hybridized carbons (Fsp3) is 0.412. The summed E-state index contributed by atoms with van der Waals surface area (Å²) in [5.74, 6) is 0.491. The number of aryl methyl sites for hydroxylation is 1. The van der Waals surface area contributed by atoms with E-state index in [1.165, 1.54) is 9.88 Å². The van der Waals surface area contributed by atoms with Crippen molar-refractivity contribution in [2.45, 2.75) is 32.6 Å². The van der Waals surface area contributed by atoms with Crippen LogP contribution in [0.25, 0.3) is 0 Å². The largest absolute Gasteiger partial charge is 0.324 e. The molecule has 0 bridgehead atoms. The molecule has 122 valence electrons. The molecule has 1 aromatic carbocycles. The van der Waals surface area contributed by atoms with Crippen molar-refractivity contribution in [1.29, 1.82) is 0 Å². The first-order valence-corrected chi connectivity index (χ1v) is 9.39. The van der Waals surface area contributed by atoms with Crippen molar-refractivity contribution >= 4 is 39.0 Å². The number of anilines is 1. The number of carbonyl (C=O) groups is 1. The van der Waals surface area contributed by atoms with Gasteiger partial charge in [0.25, 0.3) is 0 Å². The lowest BCUT2D eigenvalue weighted by atomic mass is 9.98. The van der Waals surface area contributed by atoms with Gasteiger partial charge in [-0.15, -0.1) is 11.3 Å². The summed E-state index contributed by atoms with van der Waals surface area (Å²) in [5.41, 5.74) is 1.91. The van der Waals surface area contributed by atoms with Gasteiger partial charge in [-0.05, 0) is 44.4 Å². The number of likely N-dealkylation sites (tertiary alicyclic amines) is 1. The van der Waals surface area contributed by atoms with Crippen LogP contribution in [0.1, 0.15) is 34.2 Å². The highest BCUT2D eigenvalue weighted by Gasteiger charge is 2.25. The molecule has 1 aliphatic heterocycles. The predicted octanol–water partition coefficient (Wildman–Crippen LogP) is 4.93. The van der Waals surface area contributed by atoms with E-state index >= 15 is 0 Å². The van der Waals surface area contributed by atoms with Gasteiger partial charge in [-0.2, -0.15) is 0 Å². The zero-order valence-electron chi connectivity index (χ0n) is 13.3. The lowest BCUT2D eigenvalue weighted by molar-refractivity contribution is 0.194. The van der Waals surface area contributed by atoms with Crippen molar-refractivity contribution in [3.8, 4) is 0 Å². The molecule has 1 saturated heterocycles. The highest BCUT2D eigenvalue weighted by Crippen LogP contribution is 2.31. The highest BCUT2D eigenvalue weighted by molar-refractivity contribution is 9.10. The van der Waals surface area contributed by atoms with Crippen LogP contribution in [0.5, 0.6) is 0 Å². The van der Waals surface area contributed by atoms with Crippen LogP contribution in [-0.2, 0) is 0 Å². The fourth-order valence-electron chi connectivity index (χ4n) is 2.83. The normalized spacial score (nSPS) is 15.7. The number of carbonyl (C=O) groups excluding carboxylic acids is 1. The Labute approximate surface area is 149 Å². The summed E-state index contributed by atoms with van der Waals surface area (Å²) < 4.78 is 1.01. The van der Waals surface area contributed by atoms with Crippen LogP contribution >= 0.6 is 27.3 Å². The van der Waals surface area contributed by atoms with E-state index in [0.717, 1.165) is 41.7 Å². The van der Waals surface area contributed by atoms with Crippen molar-refractivity contribution in [3.05, 3.63) is 44.3 Å². The van der Waals surface area contributed by atoms with E-state index in [2.05, 4.69) is 33.2 Å². The van der Waals surface area contributed by atoms with Gasteiger partial charge in [0.05, 0.1) is 5.01 Å². The molecule has 3 rings (SSSR count). The van der Waals surface area contributed by atoms with Gasteiger partial charge in [0.1, 0.15) is 0 Å². The molecule has 0 atom stereocenters. The van der Waals surface area contributed by atoms with Crippen LogP contribution in [0.2, 0.25) is 0 Å². The van der Waals surface area contributed by atoms with Gasteiger partial charge in [0, 0.05) is 40.2 Å². The molecule has 0 spiro atoms. The average molecular weight is 394 g/mol. The third-order valence-electron chi connectivity index (χ3n) is 4.28. The van der Waals surface area contributed by atoms with E-state index in [1.54, 1.807) is 11.3 Å². The lowest BCUT2D eigenvalue weighted by Crippen LogP contribution is -2.40. The van der Waals surface area contributed by atoms with Gasteiger partial charge < -0.3 is 10.2 Å². The molecule has 0 unspecified atom stereocenters. The number of halogens is 1. The molecule has 1 N–H and O–H groups in total. The third-order valence-corrected chi connectivity index (χ3v) is 6.21. The molecule has 2 aromatic rings. The molecule has 2 amide bonds. The number of nitrogens with one attached hydrogen (secondary N) is 1. The van der Waals surface area contributed by atoms with E-state index < -0.39 is 0 Å². The Hall–Kier alpha value is -1.40. The standard InChI is InChI=1S/C17H20BrN3OS/c1-11-10-19-16(23-11)13-6-8-21(9-7-13)17(22)20-15-5-3-4-14(18)12(15)2/h3-5,10,13H,6-9H2,1-2H3,(H,20,22). The Morgan fingerprint density at radius 3 is 2.74 bits per heavy atom. The topological polar surface area (TPSA) is 45.2 Å². The summed E-state index contributed by atoms with van der Waals surface area (Å²) in [4.78, 5) is 20.1. The Kier molecular flexibility index (Phi) is 5.02. The summed E-state index contributed by atoms with van der Waals surface area (Å²) in [5, 5.41) is 4.24. The van der Waals surface area contributed by atoms with Gasteiger partial charge in [-0.25, -0.2) is 9.78 Å². The van der Waals surface area contributed by atoms with E-state index in [4.69, 9.17) is 0 Å². The second kappa shape index (κ2) is 7.01. The van der Waals surface area contributed by atoms with Crippen LogP contribution in [0, 0.1) is 13.8 Å². The molecule has 2 heterocycles. The first-order chi connectivity index (χ1) is 11.0. The Balaban J connectivity index is 1.59. The summed E-state index contributed by atoms with van der Waals surface area (Å²) in [6, 6.07) is 5.83. The smallest absolute Gasteiger partial charge is 0.321 e. The Bertz CT molecular complexity index is 708. The first-order valence-electron chi connectivity index (χ1n) is 7.78. The average Bonchev–Trinajstić information content (AvgIpc) is 2.98. The number of hydrogen-bond acceptors (Lipinski definition) is 3. The number of rotatable bonds is 2. The quantitative estimate of drug-likeness (QED) is 0.785. The maximum atomic E-state index is 12.5. The van der Waals surface area contributed by atoms with Crippen LogP contribution < -0.4 is 5.32 Å². The lowest BCUT2D eigenvalue weighted by Gasteiger charge is -2.31. The van der Waals surface area contributed by atoms with E-state index in [1.807, 2.05) is 36.2 Å². The molecule has 0 radical (unpaired) electrons. The van der Waals surface area contributed by atoms with Gasteiger partial charge in [0.2, 0.25) is 0 Å². The Morgan fingerprint density at radius 1 is 1.35 bits per heavy atom. The van der Waals surface area contributed by atoms with E-state index in [0.29, 0.717) is 5.92 Å². The third kappa shape index (κ3) is 3.75. The molecule has 4 nitrogen and oxygen atoms in total. The van der Waals surface area contributed by atoms with Crippen molar-refractivity contribution < 1.29 is 4.79 Å². The molecule has 1 aliphatic rings. The van der Waals surface area contributed by atoms with Crippen molar-refractivity contribution in [2.24, 2.45) is 0 Å². The molecular weight excluding hydrogens is 374 g/mol. The predicted molar refractivity (Wildman–Crippen MR) is 98.3 cm³/mol. The maximum absolute atomic E-state index is 12.5. The summed E-state index contributed by atoms with van der Waals surface area (Å²) in [6.45, 7) is 5.64. The van der Waals surface area contributed by atoms with Crippen LogP contribution in [0.4, 0.5) is 10.5 Å².